The topological polar surface area (TPSA) is 38.9 Å². The second kappa shape index (κ2) is 2.97. The zero-order valence-electron chi connectivity index (χ0n) is 6.99. The van der Waals surface area contributed by atoms with Crippen LogP contribution in [0, 0.1) is 12.9 Å². The summed E-state index contributed by atoms with van der Waals surface area (Å²) in [6, 6.07) is 6.26. The third-order valence-electron chi connectivity index (χ3n) is 1.61. The molecule has 0 aliphatic heterocycles. The minimum Gasteiger partial charge on any atom is -0.361 e. The van der Waals surface area contributed by atoms with Gasteiger partial charge in [0.2, 0.25) is 5.95 Å². The van der Waals surface area contributed by atoms with Crippen LogP contribution in [0.1, 0.15) is 5.76 Å². The van der Waals surface area contributed by atoms with Crippen LogP contribution in [0.5, 0.6) is 0 Å². The summed E-state index contributed by atoms with van der Waals surface area (Å²) in [6.07, 6.45) is 0. The van der Waals surface area contributed by atoms with Gasteiger partial charge in [-0.25, -0.2) is 4.98 Å². The van der Waals surface area contributed by atoms with Crippen molar-refractivity contribution in [3.63, 3.8) is 0 Å². The van der Waals surface area contributed by atoms with Gasteiger partial charge in [0, 0.05) is 6.07 Å². The molecule has 0 amide bonds. The Labute approximate surface area is 74.2 Å². The molecule has 13 heavy (non-hydrogen) atoms. The molecular formula is C9H7FN2O. The summed E-state index contributed by atoms with van der Waals surface area (Å²) in [7, 11) is 0. The predicted octanol–water partition coefficient (Wildman–Crippen LogP) is 2.18. The molecule has 0 aromatic carbocycles. The van der Waals surface area contributed by atoms with Crippen molar-refractivity contribution < 1.29 is 8.91 Å². The number of halogens is 1. The molecule has 0 spiro atoms. The Morgan fingerprint density at radius 3 is 2.77 bits per heavy atom. The Hall–Kier alpha value is -1.71. The summed E-state index contributed by atoms with van der Waals surface area (Å²) < 4.78 is 17.5. The van der Waals surface area contributed by atoms with Crippen LogP contribution in [0.15, 0.2) is 28.8 Å². The van der Waals surface area contributed by atoms with Gasteiger partial charge in [-0.2, -0.15) is 4.39 Å². The van der Waals surface area contributed by atoms with Gasteiger partial charge in [-0.1, -0.05) is 11.2 Å². The van der Waals surface area contributed by atoms with Crippen LogP contribution in [0.4, 0.5) is 4.39 Å². The first-order valence-corrected chi connectivity index (χ1v) is 3.82. The highest BCUT2D eigenvalue weighted by Gasteiger charge is 2.05. The second-order valence-corrected chi connectivity index (χ2v) is 2.67. The molecule has 2 rings (SSSR count). The van der Waals surface area contributed by atoms with Crippen molar-refractivity contribution in [1.82, 2.24) is 10.1 Å². The van der Waals surface area contributed by atoms with Gasteiger partial charge in [0.25, 0.3) is 0 Å². The lowest BCUT2D eigenvalue weighted by Crippen LogP contribution is -1.86. The quantitative estimate of drug-likeness (QED) is 0.628. The molecule has 0 N–H and O–H groups in total. The third-order valence-corrected chi connectivity index (χ3v) is 1.61. The van der Waals surface area contributed by atoms with Crippen molar-refractivity contribution in [1.29, 1.82) is 0 Å². The number of hydrogen-bond donors (Lipinski definition) is 0. The fraction of sp³-hybridized carbons (Fsp3) is 0.111. The number of rotatable bonds is 1. The molecule has 2 aromatic heterocycles. The maximum atomic E-state index is 12.7. The van der Waals surface area contributed by atoms with E-state index >= 15 is 0 Å². The fourth-order valence-electron chi connectivity index (χ4n) is 1.04. The van der Waals surface area contributed by atoms with E-state index in [9.17, 15) is 4.39 Å². The monoisotopic (exact) mass is 178 g/mol. The van der Waals surface area contributed by atoms with Crippen molar-refractivity contribution in [3.05, 3.63) is 36.0 Å². The van der Waals surface area contributed by atoms with E-state index in [2.05, 4.69) is 10.1 Å². The molecule has 0 fully saturated rings. The van der Waals surface area contributed by atoms with E-state index in [1.54, 1.807) is 25.1 Å². The van der Waals surface area contributed by atoms with Crippen LogP contribution < -0.4 is 0 Å². The second-order valence-electron chi connectivity index (χ2n) is 2.67. The van der Waals surface area contributed by atoms with E-state index in [0.29, 0.717) is 17.1 Å². The molecule has 0 radical (unpaired) electrons. The molecule has 3 nitrogen and oxygen atoms in total. The van der Waals surface area contributed by atoms with Gasteiger partial charge in [0.05, 0.1) is 5.69 Å². The van der Waals surface area contributed by atoms with E-state index in [0.717, 1.165) is 0 Å². The predicted molar refractivity (Wildman–Crippen MR) is 44.4 cm³/mol. The van der Waals surface area contributed by atoms with Crippen LogP contribution in [0.2, 0.25) is 0 Å². The van der Waals surface area contributed by atoms with E-state index in [1.165, 1.54) is 6.07 Å². The van der Waals surface area contributed by atoms with Crippen LogP contribution in [-0.4, -0.2) is 10.1 Å². The molecular weight excluding hydrogens is 171 g/mol. The SMILES string of the molecule is Cc1cc(-c2cccc(F)n2)no1. The average Bonchev–Trinajstić information content (AvgIpc) is 2.52. The highest BCUT2D eigenvalue weighted by Crippen LogP contribution is 2.15. The Kier molecular flexibility index (Phi) is 1.81. The minimum absolute atomic E-state index is 0.483. The molecule has 2 aromatic rings. The van der Waals surface area contributed by atoms with Crippen molar-refractivity contribution in [2.45, 2.75) is 6.92 Å². The summed E-state index contributed by atoms with van der Waals surface area (Å²) in [4.78, 5) is 3.67. The first kappa shape index (κ1) is 7.91. The van der Waals surface area contributed by atoms with E-state index in [-0.39, 0.29) is 0 Å². The zero-order chi connectivity index (χ0) is 9.26. The fourth-order valence-corrected chi connectivity index (χ4v) is 1.04. The lowest BCUT2D eigenvalue weighted by Gasteiger charge is -1.92. The van der Waals surface area contributed by atoms with Gasteiger partial charge in [-0.05, 0) is 19.1 Å². The van der Waals surface area contributed by atoms with Crippen LogP contribution in [0.25, 0.3) is 11.4 Å². The smallest absolute Gasteiger partial charge is 0.213 e. The number of aromatic nitrogens is 2. The van der Waals surface area contributed by atoms with Gasteiger partial charge in [0.1, 0.15) is 11.5 Å². The Morgan fingerprint density at radius 2 is 2.15 bits per heavy atom. The molecule has 2 heterocycles. The highest BCUT2D eigenvalue weighted by atomic mass is 19.1. The number of pyridine rings is 1. The molecule has 66 valence electrons. The van der Waals surface area contributed by atoms with Gasteiger partial charge >= 0.3 is 0 Å². The first-order chi connectivity index (χ1) is 6.25. The van der Waals surface area contributed by atoms with E-state index < -0.39 is 5.95 Å². The summed E-state index contributed by atoms with van der Waals surface area (Å²) >= 11 is 0. The van der Waals surface area contributed by atoms with E-state index in [1.807, 2.05) is 0 Å². The lowest BCUT2D eigenvalue weighted by molar-refractivity contribution is 0.399. The largest absolute Gasteiger partial charge is 0.361 e. The van der Waals surface area contributed by atoms with Crippen molar-refractivity contribution in [2.24, 2.45) is 0 Å². The van der Waals surface area contributed by atoms with Gasteiger partial charge in [0.15, 0.2) is 0 Å². The first-order valence-electron chi connectivity index (χ1n) is 3.82. The van der Waals surface area contributed by atoms with Crippen molar-refractivity contribution in [3.8, 4) is 11.4 Å². The third kappa shape index (κ3) is 1.56. The molecule has 0 bridgehead atoms. The summed E-state index contributed by atoms with van der Waals surface area (Å²) in [5.41, 5.74) is 1.04. The number of aryl methyl sites for hydroxylation is 1. The highest BCUT2D eigenvalue weighted by molar-refractivity contribution is 5.52. The lowest BCUT2D eigenvalue weighted by atomic mass is 10.2. The van der Waals surface area contributed by atoms with Crippen LogP contribution in [-0.2, 0) is 0 Å². The molecule has 0 aliphatic carbocycles. The van der Waals surface area contributed by atoms with E-state index in [4.69, 9.17) is 4.52 Å². The zero-order valence-corrected chi connectivity index (χ0v) is 6.99. The maximum Gasteiger partial charge on any atom is 0.213 e. The molecule has 0 aliphatic rings. The van der Waals surface area contributed by atoms with Crippen LogP contribution >= 0.6 is 0 Å². The van der Waals surface area contributed by atoms with Crippen molar-refractivity contribution >= 4 is 0 Å². The molecule has 0 saturated carbocycles. The Morgan fingerprint density at radius 1 is 1.31 bits per heavy atom. The maximum absolute atomic E-state index is 12.7. The molecule has 0 unspecified atom stereocenters. The van der Waals surface area contributed by atoms with Crippen LogP contribution in [0.3, 0.4) is 0 Å². The van der Waals surface area contributed by atoms with Gasteiger partial charge < -0.3 is 4.52 Å². The van der Waals surface area contributed by atoms with Crippen molar-refractivity contribution in [2.75, 3.05) is 0 Å². The number of nitrogens with zero attached hydrogens (tertiary/aromatic N) is 2. The summed E-state index contributed by atoms with van der Waals surface area (Å²) in [6.45, 7) is 1.77. The summed E-state index contributed by atoms with van der Waals surface area (Å²) in [5.74, 6) is 0.166. The van der Waals surface area contributed by atoms with Gasteiger partial charge in [-0.15, -0.1) is 0 Å². The minimum atomic E-state index is -0.516. The Bertz CT molecular complexity index is 425. The number of hydrogen-bond acceptors (Lipinski definition) is 3. The standard InChI is InChI=1S/C9H7FN2O/c1-6-5-8(12-13-6)7-3-2-4-9(10)11-7/h2-5H,1H3. The Balaban J connectivity index is 2.46. The van der Waals surface area contributed by atoms with Gasteiger partial charge in [-0.3, -0.25) is 0 Å². The molecule has 0 atom stereocenters. The molecule has 4 heteroatoms. The molecule has 0 saturated heterocycles. The average molecular weight is 178 g/mol. The normalized spacial score (nSPS) is 10.3. The summed E-state index contributed by atoms with van der Waals surface area (Å²) in [5, 5.41) is 3.72.